The van der Waals surface area contributed by atoms with Crippen molar-refractivity contribution in [3.05, 3.63) is 63.7 Å². The number of methoxy groups -OCH3 is 1. The minimum Gasteiger partial charge on any atom is -0.496 e. The summed E-state index contributed by atoms with van der Waals surface area (Å²) in [5.41, 5.74) is 7.48. The molecule has 0 heterocycles. The molecule has 3 nitrogen and oxygen atoms in total. The molecule has 0 fully saturated rings. The summed E-state index contributed by atoms with van der Waals surface area (Å²) in [4.78, 5) is 0. The molecule has 2 aromatic carbocycles. The summed E-state index contributed by atoms with van der Waals surface area (Å²) in [6.07, 6.45) is 0.770. The molecule has 21 heavy (non-hydrogen) atoms. The standard InChI is InChI=1S/C17H21ClN2O/c1-11-4-9-15(17(21-3)12(11)2)16(20-19)10-13-5-7-14(18)8-6-13/h4-9,16,20H,10,19H2,1-3H3. The first-order valence-corrected chi connectivity index (χ1v) is 7.29. The van der Waals surface area contributed by atoms with Crippen LogP contribution in [-0.4, -0.2) is 7.11 Å². The van der Waals surface area contributed by atoms with Crippen molar-refractivity contribution >= 4 is 11.6 Å². The van der Waals surface area contributed by atoms with E-state index in [4.69, 9.17) is 22.2 Å². The normalized spacial score (nSPS) is 12.2. The zero-order valence-corrected chi connectivity index (χ0v) is 13.4. The Bertz CT molecular complexity index is 611. The van der Waals surface area contributed by atoms with Crippen molar-refractivity contribution < 1.29 is 4.74 Å². The lowest BCUT2D eigenvalue weighted by Crippen LogP contribution is -2.30. The van der Waals surface area contributed by atoms with Gasteiger partial charge in [-0.25, -0.2) is 0 Å². The Kier molecular flexibility index (Phi) is 5.23. The molecule has 4 heteroatoms. The zero-order chi connectivity index (χ0) is 15.4. The summed E-state index contributed by atoms with van der Waals surface area (Å²) < 4.78 is 5.58. The number of ether oxygens (including phenoxy) is 1. The van der Waals surface area contributed by atoms with Gasteiger partial charge in [-0.15, -0.1) is 0 Å². The Morgan fingerprint density at radius 1 is 1.14 bits per heavy atom. The summed E-state index contributed by atoms with van der Waals surface area (Å²) in [7, 11) is 1.70. The quantitative estimate of drug-likeness (QED) is 0.654. The van der Waals surface area contributed by atoms with Crippen LogP contribution < -0.4 is 16.0 Å². The third-order valence-electron chi connectivity index (χ3n) is 3.84. The molecule has 0 radical (unpaired) electrons. The molecule has 0 aliphatic carbocycles. The van der Waals surface area contributed by atoms with E-state index in [-0.39, 0.29) is 6.04 Å². The molecular formula is C17H21ClN2O. The second-order valence-corrected chi connectivity index (χ2v) is 5.62. The number of nitrogens with two attached hydrogens (primary N) is 1. The average molecular weight is 305 g/mol. The second kappa shape index (κ2) is 6.94. The smallest absolute Gasteiger partial charge is 0.126 e. The van der Waals surface area contributed by atoms with Gasteiger partial charge in [0.15, 0.2) is 0 Å². The van der Waals surface area contributed by atoms with Gasteiger partial charge in [0.25, 0.3) is 0 Å². The molecule has 0 saturated heterocycles. The fraction of sp³-hybridized carbons (Fsp3) is 0.294. The molecule has 0 aliphatic rings. The van der Waals surface area contributed by atoms with Crippen molar-refractivity contribution in [1.29, 1.82) is 0 Å². The first-order chi connectivity index (χ1) is 10.1. The van der Waals surface area contributed by atoms with Gasteiger partial charge in [0.05, 0.1) is 13.2 Å². The molecule has 2 rings (SSSR count). The largest absolute Gasteiger partial charge is 0.496 e. The summed E-state index contributed by atoms with van der Waals surface area (Å²) in [6, 6.07) is 12.0. The van der Waals surface area contributed by atoms with Crippen LogP contribution in [0.1, 0.15) is 28.3 Å². The number of aryl methyl sites for hydroxylation is 1. The number of hydrazine groups is 1. The Morgan fingerprint density at radius 2 is 1.81 bits per heavy atom. The molecule has 2 aromatic rings. The van der Waals surface area contributed by atoms with Crippen LogP contribution >= 0.6 is 11.6 Å². The summed E-state index contributed by atoms with van der Waals surface area (Å²) in [5, 5.41) is 0.736. The highest BCUT2D eigenvalue weighted by Gasteiger charge is 2.17. The van der Waals surface area contributed by atoms with Crippen molar-refractivity contribution in [3.8, 4) is 5.75 Å². The minimum absolute atomic E-state index is 0.0135. The molecule has 0 aliphatic heterocycles. The fourth-order valence-electron chi connectivity index (χ4n) is 2.47. The predicted octanol–water partition coefficient (Wildman–Crippen LogP) is 3.71. The van der Waals surface area contributed by atoms with Gasteiger partial charge in [0, 0.05) is 10.6 Å². The van der Waals surface area contributed by atoms with Crippen LogP contribution in [-0.2, 0) is 6.42 Å². The van der Waals surface area contributed by atoms with Crippen LogP contribution in [0.15, 0.2) is 36.4 Å². The Balaban J connectivity index is 2.33. The highest BCUT2D eigenvalue weighted by Crippen LogP contribution is 2.32. The molecule has 3 N–H and O–H groups in total. The van der Waals surface area contributed by atoms with Crippen molar-refractivity contribution in [1.82, 2.24) is 5.43 Å². The lowest BCUT2D eigenvalue weighted by molar-refractivity contribution is 0.395. The Labute approximate surface area is 131 Å². The van der Waals surface area contributed by atoms with E-state index in [2.05, 4.69) is 31.4 Å². The van der Waals surface area contributed by atoms with Crippen LogP contribution in [0.25, 0.3) is 0 Å². The van der Waals surface area contributed by atoms with Crippen LogP contribution in [0.3, 0.4) is 0 Å². The van der Waals surface area contributed by atoms with E-state index in [1.807, 2.05) is 24.3 Å². The molecule has 0 amide bonds. The van der Waals surface area contributed by atoms with E-state index >= 15 is 0 Å². The first kappa shape index (κ1) is 15.8. The first-order valence-electron chi connectivity index (χ1n) is 6.91. The minimum atomic E-state index is -0.0135. The molecule has 1 atom stereocenters. The third kappa shape index (κ3) is 3.56. The average Bonchev–Trinajstić information content (AvgIpc) is 2.49. The number of halogens is 1. The maximum Gasteiger partial charge on any atom is 0.126 e. The van der Waals surface area contributed by atoms with Gasteiger partial charge >= 0.3 is 0 Å². The number of hydrogen-bond acceptors (Lipinski definition) is 3. The maximum atomic E-state index is 5.92. The summed E-state index contributed by atoms with van der Waals surface area (Å²) >= 11 is 5.92. The summed E-state index contributed by atoms with van der Waals surface area (Å²) in [6.45, 7) is 4.14. The molecular weight excluding hydrogens is 284 g/mol. The zero-order valence-electron chi connectivity index (χ0n) is 12.6. The van der Waals surface area contributed by atoms with E-state index in [0.717, 1.165) is 28.3 Å². The van der Waals surface area contributed by atoms with Crippen LogP contribution in [0.4, 0.5) is 0 Å². The van der Waals surface area contributed by atoms with Crippen molar-refractivity contribution in [2.75, 3.05) is 7.11 Å². The molecule has 1 unspecified atom stereocenters. The van der Waals surface area contributed by atoms with Crippen LogP contribution in [0.5, 0.6) is 5.75 Å². The Hall–Kier alpha value is -1.55. The Morgan fingerprint density at radius 3 is 2.38 bits per heavy atom. The third-order valence-corrected chi connectivity index (χ3v) is 4.09. The topological polar surface area (TPSA) is 47.3 Å². The number of nitrogens with one attached hydrogen (secondary N) is 1. The van der Waals surface area contributed by atoms with Crippen LogP contribution in [0.2, 0.25) is 5.02 Å². The van der Waals surface area contributed by atoms with E-state index in [0.29, 0.717) is 0 Å². The summed E-state index contributed by atoms with van der Waals surface area (Å²) in [5.74, 6) is 6.66. The van der Waals surface area contributed by atoms with Crippen molar-refractivity contribution in [2.24, 2.45) is 5.84 Å². The lowest BCUT2D eigenvalue weighted by Gasteiger charge is -2.21. The van der Waals surface area contributed by atoms with Gasteiger partial charge < -0.3 is 4.74 Å². The number of hydrogen-bond donors (Lipinski definition) is 2. The second-order valence-electron chi connectivity index (χ2n) is 5.18. The van der Waals surface area contributed by atoms with Crippen LogP contribution in [0, 0.1) is 13.8 Å². The SMILES string of the molecule is COc1c(C(Cc2ccc(Cl)cc2)NN)ccc(C)c1C. The van der Waals surface area contributed by atoms with Gasteiger partial charge in [-0.1, -0.05) is 35.9 Å². The van der Waals surface area contributed by atoms with E-state index in [1.54, 1.807) is 7.11 Å². The monoisotopic (exact) mass is 304 g/mol. The fourth-order valence-corrected chi connectivity index (χ4v) is 2.60. The van der Waals surface area contributed by atoms with Gasteiger partial charge in [0.2, 0.25) is 0 Å². The molecule has 112 valence electrons. The van der Waals surface area contributed by atoms with Gasteiger partial charge in [-0.05, 0) is 49.1 Å². The highest BCUT2D eigenvalue weighted by atomic mass is 35.5. The molecule has 0 spiro atoms. The van der Waals surface area contributed by atoms with E-state index < -0.39 is 0 Å². The van der Waals surface area contributed by atoms with E-state index in [9.17, 15) is 0 Å². The molecule has 0 saturated carbocycles. The van der Waals surface area contributed by atoms with Crippen molar-refractivity contribution in [3.63, 3.8) is 0 Å². The van der Waals surface area contributed by atoms with Gasteiger partial charge in [-0.2, -0.15) is 0 Å². The molecule has 0 bridgehead atoms. The highest BCUT2D eigenvalue weighted by molar-refractivity contribution is 6.30. The number of benzene rings is 2. The predicted molar refractivity (Wildman–Crippen MR) is 87.7 cm³/mol. The van der Waals surface area contributed by atoms with E-state index in [1.165, 1.54) is 11.1 Å². The maximum absolute atomic E-state index is 5.92. The lowest BCUT2D eigenvalue weighted by atomic mass is 9.95. The van der Waals surface area contributed by atoms with Crippen molar-refractivity contribution in [2.45, 2.75) is 26.3 Å². The van der Waals surface area contributed by atoms with Gasteiger partial charge in [0.1, 0.15) is 5.75 Å². The molecule has 0 aromatic heterocycles. The number of rotatable bonds is 5. The van der Waals surface area contributed by atoms with Gasteiger partial charge in [-0.3, -0.25) is 11.3 Å².